The van der Waals surface area contributed by atoms with Crippen LogP contribution in [-0.4, -0.2) is 88.0 Å². The molecule has 0 spiro atoms. The topological polar surface area (TPSA) is 91.5 Å². The fourth-order valence-electron chi connectivity index (χ4n) is 6.17. The first-order chi connectivity index (χ1) is 20.7. The van der Waals surface area contributed by atoms with Gasteiger partial charge in [0.25, 0.3) is 0 Å². The van der Waals surface area contributed by atoms with E-state index in [4.69, 9.17) is 34.7 Å². The van der Waals surface area contributed by atoms with Crippen molar-refractivity contribution in [3.63, 3.8) is 0 Å². The maximum absolute atomic E-state index is 5.55. The van der Waals surface area contributed by atoms with Gasteiger partial charge >= 0.3 is 33.3 Å². The van der Waals surface area contributed by atoms with Crippen LogP contribution in [0.1, 0.15) is 75.6 Å². The van der Waals surface area contributed by atoms with Gasteiger partial charge in [-0.3, -0.25) is 4.98 Å². The van der Waals surface area contributed by atoms with Crippen molar-refractivity contribution in [2.45, 2.75) is 106 Å². The standard InChI is InChI=1S/C30H54N6O2S.2ClH.Mn/c1-37-17-18-38-16-7-6-12-31-15-19-39-26-20-24-22-34-29-10-4-2-8-27(29)32-13-14-33-28-9-3-5-11-30(28)35-23-25(21-26)36-24;;;/h20-21,27-35H,2-19,22-23H2,1H3;2*1H;/q;;;+2/p-2/t27-,28-,29-,30-;;;/m1.../s1. The van der Waals surface area contributed by atoms with Gasteiger partial charge in [0.05, 0.1) is 24.6 Å². The molecule has 2 saturated carbocycles. The number of hydrogen-bond donors (Lipinski definition) is 5. The van der Waals surface area contributed by atoms with E-state index in [1.165, 1.54) is 67.6 Å². The van der Waals surface area contributed by atoms with Gasteiger partial charge in [0.1, 0.15) is 0 Å². The van der Waals surface area contributed by atoms with Crippen LogP contribution in [0.5, 0.6) is 0 Å². The van der Waals surface area contributed by atoms with E-state index in [1.54, 1.807) is 7.11 Å². The number of thioether (sulfide) groups is 1. The second kappa shape index (κ2) is 23.6. The molecule has 1 aliphatic heterocycles. The van der Waals surface area contributed by atoms with Crippen molar-refractivity contribution in [2.24, 2.45) is 0 Å². The van der Waals surface area contributed by atoms with Crippen molar-refractivity contribution in [2.75, 3.05) is 58.9 Å². The van der Waals surface area contributed by atoms with Gasteiger partial charge in [0, 0.05) is 81.3 Å². The number of nitrogens with zero attached hydrogens (tertiary/aromatic N) is 1. The summed E-state index contributed by atoms with van der Waals surface area (Å²) < 4.78 is 10.6. The van der Waals surface area contributed by atoms with Gasteiger partial charge in [-0.05, 0) is 57.2 Å². The number of ether oxygens (including phenoxy) is 2. The quantitative estimate of drug-likeness (QED) is 0.123. The number of fused-ring (bicyclic) bond motifs is 4. The summed E-state index contributed by atoms with van der Waals surface area (Å²) in [7, 11) is 11.3. The summed E-state index contributed by atoms with van der Waals surface area (Å²) in [5, 5.41) is 19.1. The zero-order valence-electron chi connectivity index (χ0n) is 25.4. The number of hydrogen-bond acceptors (Lipinski definition) is 9. The van der Waals surface area contributed by atoms with Gasteiger partial charge in [-0.25, -0.2) is 0 Å². The van der Waals surface area contributed by atoms with Gasteiger partial charge < -0.3 is 36.1 Å². The van der Waals surface area contributed by atoms with Gasteiger partial charge in [0.15, 0.2) is 0 Å². The minimum absolute atomic E-state index is 0.00694. The van der Waals surface area contributed by atoms with Crippen molar-refractivity contribution in [3.05, 3.63) is 23.5 Å². The van der Waals surface area contributed by atoms with E-state index in [2.05, 4.69) is 38.7 Å². The predicted molar refractivity (Wildman–Crippen MR) is 173 cm³/mol. The summed E-state index contributed by atoms with van der Waals surface area (Å²) in [5.41, 5.74) is 2.35. The number of aromatic nitrogens is 1. The predicted octanol–water partition coefficient (Wildman–Crippen LogP) is 4.58. The number of halogens is 2. The molecule has 0 amide bonds. The molecule has 8 nitrogen and oxygen atoms in total. The third-order valence-electron chi connectivity index (χ3n) is 8.34. The Hall–Kier alpha value is 0.319. The van der Waals surface area contributed by atoms with E-state index in [-0.39, 0.29) is 13.1 Å². The first-order valence-corrected chi connectivity index (χ1v) is 20.2. The SMILES string of the molecule is COCCOCCCCNCCSc1cc2nc(c1)CN[C@@H]1CCCC[C@H]1NCCN[C@@H]1CCCC[C@H]1NC2.[Cl][Mn][Cl]. The average Bonchev–Trinajstić information content (AvgIpc) is 3.01. The number of unbranched alkanes of at least 4 members (excludes halogenated alkanes) is 1. The van der Waals surface area contributed by atoms with Crippen molar-refractivity contribution in [3.8, 4) is 0 Å². The molecule has 0 aromatic carbocycles. The third kappa shape index (κ3) is 15.1. The van der Waals surface area contributed by atoms with Crippen molar-refractivity contribution >= 4 is 32.0 Å². The normalized spacial score (nSPS) is 25.2. The number of pyridine rings is 1. The van der Waals surface area contributed by atoms with Crippen LogP contribution in [0.15, 0.2) is 17.0 Å². The summed E-state index contributed by atoms with van der Waals surface area (Å²) >= 11 is 1.95. The monoisotopic (exact) mass is 687 g/mol. The molecule has 0 unspecified atom stereocenters. The molecule has 2 aliphatic carbocycles. The zero-order valence-corrected chi connectivity index (χ0v) is 28.9. The van der Waals surface area contributed by atoms with Gasteiger partial charge in [0.2, 0.25) is 0 Å². The third-order valence-corrected chi connectivity index (χ3v) is 9.31. The average molecular weight is 689 g/mol. The molecule has 0 radical (unpaired) electrons. The number of rotatable bonds is 12. The molecule has 243 valence electrons. The van der Waals surface area contributed by atoms with Crippen LogP contribution in [0.25, 0.3) is 0 Å². The second-order valence-electron chi connectivity index (χ2n) is 11.4. The minimum atomic E-state index is 0.00694. The zero-order chi connectivity index (χ0) is 29.7. The van der Waals surface area contributed by atoms with Crippen LogP contribution in [0.4, 0.5) is 0 Å². The second-order valence-corrected chi connectivity index (χ2v) is 14.5. The Bertz CT molecular complexity index is 788. The fraction of sp³-hybridized carbons (Fsp3) is 0.833. The van der Waals surface area contributed by atoms with E-state index in [0.717, 1.165) is 64.5 Å². The molecule has 42 heavy (non-hydrogen) atoms. The summed E-state index contributed by atoms with van der Waals surface area (Å²) in [6.07, 6.45) is 12.6. The van der Waals surface area contributed by atoms with Gasteiger partial charge in [-0.15, -0.1) is 11.8 Å². The van der Waals surface area contributed by atoms with Crippen molar-refractivity contribution in [1.29, 1.82) is 0 Å². The molecule has 0 saturated heterocycles. The molecule has 5 N–H and O–H groups in total. The van der Waals surface area contributed by atoms with E-state index in [0.29, 0.717) is 37.4 Å². The molecule has 3 aliphatic rings. The number of nitrogens with one attached hydrogen (secondary N) is 5. The van der Waals surface area contributed by atoms with E-state index in [9.17, 15) is 0 Å². The van der Waals surface area contributed by atoms with Crippen LogP contribution in [-0.2, 0) is 35.7 Å². The van der Waals surface area contributed by atoms with Crippen LogP contribution in [0.2, 0.25) is 0 Å². The Balaban J connectivity index is 0.00000155. The molecule has 12 heteroatoms. The first kappa shape index (κ1) is 36.8. The van der Waals surface area contributed by atoms with E-state index in [1.807, 2.05) is 11.8 Å². The number of methoxy groups -OCH3 is 1. The Morgan fingerprint density at radius 1 is 0.810 bits per heavy atom. The molecular formula is C30H54Cl2MnN6O2S. The van der Waals surface area contributed by atoms with Crippen molar-refractivity contribution in [1.82, 2.24) is 31.6 Å². The Kier molecular flexibility index (Phi) is 20.7. The van der Waals surface area contributed by atoms with Crippen LogP contribution >= 0.6 is 32.0 Å². The molecular weight excluding hydrogens is 634 g/mol. The summed E-state index contributed by atoms with van der Waals surface area (Å²) in [6.45, 7) is 8.04. The Labute approximate surface area is 273 Å². The Morgan fingerprint density at radius 2 is 1.36 bits per heavy atom. The van der Waals surface area contributed by atoms with E-state index < -0.39 is 0 Å². The van der Waals surface area contributed by atoms with Crippen LogP contribution < -0.4 is 26.6 Å². The van der Waals surface area contributed by atoms with Gasteiger partial charge in [-0.1, -0.05) is 25.7 Å². The Morgan fingerprint density at radius 3 is 1.90 bits per heavy atom. The molecule has 2 fully saturated rings. The molecule has 4 rings (SSSR count). The summed E-state index contributed by atoms with van der Waals surface area (Å²) in [5.74, 6) is 1.07. The summed E-state index contributed by atoms with van der Waals surface area (Å²) in [6, 6.07) is 6.80. The molecule has 2 heterocycles. The maximum atomic E-state index is 5.55. The van der Waals surface area contributed by atoms with Gasteiger partial charge in [-0.2, -0.15) is 0 Å². The molecule has 4 atom stereocenters. The molecule has 2 bridgehead atoms. The van der Waals surface area contributed by atoms with Crippen LogP contribution in [0, 0.1) is 0 Å². The van der Waals surface area contributed by atoms with Crippen molar-refractivity contribution < 1.29 is 22.6 Å². The fourth-order valence-corrected chi connectivity index (χ4v) is 7.09. The molecule has 1 aromatic rings. The summed E-state index contributed by atoms with van der Waals surface area (Å²) in [4.78, 5) is 6.45. The van der Waals surface area contributed by atoms with Crippen LogP contribution in [0.3, 0.4) is 0 Å². The van der Waals surface area contributed by atoms with E-state index >= 15 is 0 Å². The first-order valence-electron chi connectivity index (χ1n) is 15.9. The molecule has 1 aromatic heterocycles.